The average molecular weight is 290 g/mol. The second-order valence-electron chi connectivity index (χ2n) is 5.39. The van der Waals surface area contributed by atoms with Crippen LogP contribution < -0.4 is 9.47 Å². The van der Waals surface area contributed by atoms with E-state index in [0.29, 0.717) is 18.8 Å². The van der Waals surface area contributed by atoms with Gasteiger partial charge in [0.15, 0.2) is 11.5 Å². The van der Waals surface area contributed by atoms with E-state index in [1.54, 1.807) is 0 Å². The summed E-state index contributed by atoms with van der Waals surface area (Å²) in [5, 5.41) is 10.5. The Kier molecular flexibility index (Phi) is 2.80. The van der Waals surface area contributed by atoms with Gasteiger partial charge in [-0.1, -0.05) is 11.6 Å². The maximum Gasteiger partial charge on any atom is 0.162 e. The molecular formula is C18H14N2O2. The Morgan fingerprint density at radius 3 is 2.68 bits per heavy atom. The molecule has 108 valence electrons. The van der Waals surface area contributed by atoms with Gasteiger partial charge in [-0.25, -0.2) is 0 Å². The van der Waals surface area contributed by atoms with E-state index in [0.717, 1.165) is 39.2 Å². The van der Waals surface area contributed by atoms with E-state index >= 15 is 0 Å². The lowest BCUT2D eigenvalue weighted by molar-refractivity contribution is 0.171. The highest BCUT2D eigenvalue weighted by Gasteiger charge is 2.17. The largest absolute Gasteiger partial charge is 0.486 e. The summed E-state index contributed by atoms with van der Waals surface area (Å²) in [4.78, 5) is 3.35. The summed E-state index contributed by atoms with van der Waals surface area (Å²) in [6, 6.07) is 14.2. The molecule has 0 spiro atoms. The van der Waals surface area contributed by atoms with Crippen LogP contribution in [0.5, 0.6) is 11.5 Å². The molecule has 4 rings (SSSR count). The summed E-state index contributed by atoms with van der Waals surface area (Å²) in [6.07, 6.45) is 0. The zero-order chi connectivity index (χ0) is 15.1. The van der Waals surface area contributed by atoms with Crippen LogP contribution in [0.4, 0.5) is 0 Å². The Balaban J connectivity index is 1.92. The summed E-state index contributed by atoms with van der Waals surface area (Å²) in [5.41, 5.74) is 4.51. The number of benzene rings is 2. The van der Waals surface area contributed by atoms with Crippen LogP contribution in [0, 0.1) is 18.3 Å². The molecule has 2 heterocycles. The molecule has 0 saturated carbocycles. The fourth-order valence-electron chi connectivity index (χ4n) is 2.84. The third-order valence-electron chi connectivity index (χ3n) is 3.90. The Hall–Kier alpha value is -2.93. The van der Waals surface area contributed by atoms with Crippen molar-refractivity contribution in [3.63, 3.8) is 0 Å². The second kappa shape index (κ2) is 4.81. The number of aromatic amines is 1. The molecule has 0 unspecified atom stereocenters. The number of hydrogen-bond acceptors (Lipinski definition) is 3. The topological polar surface area (TPSA) is 58.0 Å². The van der Waals surface area contributed by atoms with Crippen LogP contribution in [0.2, 0.25) is 0 Å². The SMILES string of the molecule is Cc1ccc2[nH]c(-c3ccc4c(c3)OCCO4)c(C#N)c2c1. The molecule has 0 atom stereocenters. The fraction of sp³-hybridized carbons (Fsp3) is 0.167. The van der Waals surface area contributed by atoms with Crippen molar-refractivity contribution in [1.82, 2.24) is 4.98 Å². The quantitative estimate of drug-likeness (QED) is 0.742. The number of hydrogen-bond donors (Lipinski definition) is 1. The molecule has 2 aromatic carbocycles. The van der Waals surface area contributed by atoms with Crippen LogP contribution in [0.1, 0.15) is 11.1 Å². The lowest BCUT2D eigenvalue weighted by Crippen LogP contribution is -2.15. The summed E-state index contributed by atoms with van der Waals surface area (Å²) >= 11 is 0. The summed E-state index contributed by atoms with van der Waals surface area (Å²) in [7, 11) is 0. The van der Waals surface area contributed by atoms with Crippen LogP contribution in [-0.2, 0) is 0 Å². The van der Waals surface area contributed by atoms with Gasteiger partial charge in [0.1, 0.15) is 19.3 Å². The number of H-pyrrole nitrogens is 1. The van der Waals surface area contributed by atoms with Gasteiger partial charge in [-0.3, -0.25) is 0 Å². The molecule has 1 aliphatic heterocycles. The second-order valence-corrected chi connectivity index (χ2v) is 5.39. The third-order valence-corrected chi connectivity index (χ3v) is 3.90. The fourth-order valence-corrected chi connectivity index (χ4v) is 2.84. The number of fused-ring (bicyclic) bond motifs is 2. The van der Waals surface area contributed by atoms with Gasteiger partial charge in [-0.15, -0.1) is 0 Å². The molecule has 1 aliphatic rings. The number of rotatable bonds is 1. The first-order valence-corrected chi connectivity index (χ1v) is 7.19. The van der Waals surface area contributed by atoms with E-state index in [2.05, 4.69) is 11.1 Å². The van der Waals surface area contributed by atoms with Crippen molar-refractivity contribution in [3.8, 4) is 28.8 Å². The van der Waals surface area contributed by atoms with Gasteiger partial charge in [-0.2, -0.15) is 5.26 Å². The van der Waals surface area contributed by atoms with E-state index < -0.39 is 0 Å². The summed E-state index contributed by atoms with van der Waals surface area (Å²) < 4.78 is 11.2. The maximum absolute atomic E-state index is 9.57. The van der Waals surface area contributed by atoms with Crippen LogP contribution >= 0.6 is 0 Å². The predicted octanol–water partition coefficient (Wildman–Crippen LogP) is 3.79. The number of ether oxygens (including phenoxy) is 2. The van der Waals surface area contributed by atoms with Crippen LogP contribution in [0.25, 0.3) is 22.2 Å². The minimum absolute atomic E-state index is 0.549. The summed E-state index contributed by atoms with van der Waals surface area (Å²) in [6.45, 7) is 3.15. The number of nitrogens with one attached hydrogen (secondary N) is 1. The lowest BCUT2D eigenvalue weighted by Gasteiger charge is -2.18. The summed E-state index contributed by atoms with van der Waals surface area (Å²) in [5.74, 6) is 1.47. The first kappa shape index (κ1) is 12.8. The van der Waals surface area contributed by atoms with Crippen LogP contribution in [0.3, 0.4) is 0 Å². The molecule has 0 amide bonds. The van der Waals surface area contributed by atoms with E-state index in [9.17, 15) is 5.26 Å². The molecule has 22 heavy (non-hydrogen) atoms. The van der Waals surface area contributed by atoms with Crippen molar-refractivity contribution in [3.05, 3.63) is 47.5 Å². The molecule has 0 bridgehead atoms. The van der Waals surface area contributed by atoms with Crippen molar-refractivity contribution in [2.75, 3.05) is 13.2 Å². The van der Waals surface area contributed by atoms with Gasteiger partial charge in [-0.05, 0) is 37.3 Å². The minimum Gasteiger partial charge on any atom is -0.486 e. The zero-order valence-electron chi connectivity index (χ0n) is 12.1. The highest BCUT2D eigenvalue weighted by atomic mass is 16.6. The number of aromatic nitrogens is 1. The molecule has 0 radical (unpaired) electrons. The molecule has 1 aromatic heterocycles. The standard InChI is InChI=1S/C18H14N2O2/c1-11-2-4-15-13(8-11)14(10-19)18(20-15)12-3-5-16-17(9-12)22-7-6-21-16/h2-5,8-9,20H,6-7H2,1H3. The predicted molar refractivity (Wildman–Crippen MR) is 84.2 cm³/mol. The zero-order valence-corrected chi connectivity index (χ0v) is 12.1. The van der Waals surface area contributed by atoms with Gasteiger partial charge in [0.05, 0.1) is 11.3 Å². The molecule has 1 N–H and O–H groups in total. The Morgan fingerprint density at radius 1 is 1.05 bits per heavy atom. The molecule has 4 heteroatoms. The smallest absolute Gasteiger partial charge is 0.162 e. The molecule has 0 saturated heterocycles. The normalized spacial score (nSPS) is 13.1. The minimum atomic E-state index is 0.549. The number of aryl methyl sites for hydroxylation is 1. The van der Waals surface area contributed by atoms with Crippen molar-refractivity contribution >= 4 is 10.9 Å². The van der Waals surface area contributed by atoms with Crippen molar-refractivity contribution in [1.29, 1.82) is 5.26 Å². The van der Waals surface area contributed by atoms with Crippen molar-refractivity contribution in [2.24, 2.45) is 0 Å². The van der Waals surface area contributed by atoms with Gasteiger partial charge >= 0.3 is 0 Å². The molecule has 0 aliphatic carbocycles. The molecule has 0 fully saturated rings. The monoisotopic (exact) mass is 290 g/mol. The Bertz CT molecular complexity index is 919. The lowest BCUT2D eigenvalue weighted by atomic mass is 10.0. The van der Waals surface area contributed by atoms with Gasteiger partial charge in [0, 0.05) is 16.5 Å². The van der Waals surface area contributed by atoms with Gasteiger partial charge in [0.2, 0.25) is 0 Å². The van der Waals surface area contributed by atoms with E-state index in [1.807, 2.05) is 43.3 Å². The molecule has 3 aromatic rings. The van der Waals surface area contributed by atoms with Crippen molar-refractivity contribution < 1.29 is 9.47 Å². The first-order chi connectivity index (χ1) is 10.8. The average Bonchev–Trinajstić information content (AvgIpc) is 2.92. The van der Waals surface area contributed by atoms with Crippen LogP contribution in [-0.4, -0.2) is 18.2 Å². The Morgan fingerprint density at radius 2 is 1.86 bits per heavy atom. The molecular weight excluding hydrogens is 276 g/mol. The number of nitrogens with zero attached hydrogens (tertiary/aromatic N) is 1. The highest BCUT2D eigenvalue weighted by molar-refractivity contribution is 5.94. The molecule has 4 nitrogen and oxygen atoms in total. The van der Waals surface area contributed by atoms with Gasteiger partial charge < -0.3 is 14.5 Å². The third kappa shape index (κ3) is 1.91. The first-order valence-electron chi connectivity index (χ1n) is 7.19. The highest BCUT2D eigenvalue weighted by Crippen LogP contribution is 2.37. The van der Waals surface area contributed by atoms with E-state index in [1.165, 1.54) is 0 Å². The van der Waals surface area contributed by atoms with Gasteiger partial charge in [0.25, 0.3) is 0 Å². The van der Waals surface area contributed by atoms with E-state index in [-0.39, 0.29) is 0 Å². The number of nitriles is 1. The van der Waals surface area contributed by atoms with Crippen molar-refractivity contribution in [2.45, 2.75) is 6.92 Å². The van der Waals surface area contributed by atoms with E-state index in [4.69, 9.17) is 9.47 Å². The maximum atomic E-state index is 9.57. The van der Waals surface area contributed by atoms with Crippen LogP contribution in [0.15, 0.2) is 36.4 Å². The Labute approximate surface area is 127 Å².